The third-order valence-corrected chi connectivity index (χ3v) is 4.02. The minimum Gasteiger partial charge on any atom is -0.453 e. The number of carbonyl (C=O) groups is 2. The Morgan fingerprint density at radius 1 is 0.769 bits per heavy atom. The second-order valence-corrected chi connectivity index (χ2v) is 9.51. The predicted molar refractivity (Wildman–Crippen MR) is 112 cm³/mol. The van der Waals surface area contributed by atoms with E-state index < -0.39 is 0 Å². The number of alkyl carbamates (subject to hydrolysis) is 1. The van der Waals surface area contributed by atoms with Gasteiger partial charge in [0.15, 0.2) is 0 Å². The summed E-state index contributed by atoms with van der Waals surface area (Å²) in [5.74, 6) is 0.941. The molecule has 0 saturated carbocycles. The van der Waals surface area contributed by atoms with Crippen LogP contribution in [-0.2, 0) is 9.53 Å². The van der Waals surface area contributed by atoms with E-state index in [1.54, 1.807) is 6.92 Å². The summed E-state index contributed by atoms with van der Waals surface area (Å²) in [6.07, 6.45) is -0.353. The monoisotopic (exact) mass is 374 g/mol. The van der Waals surface area contributed by atoms with Crippen molar-refractivity contribution in [3.05, 3.63) is 0 Å². The molecule has 5 heteroatoms. The molecule has 0 rings (SSSR count). The van der Waals surface area contributed by atoms with E-state index >= 15 is 0 Å². The summed E-state index contributed by atoms with van der Waals surface area (Å²) in [5.41, 5.74) is 0.197. The second kappa shape index (κ2) is 12.2. The van der Waals surface area contributed by atoms with Gasteiger partial charge in [-0.2, -0.15) is 0 Å². The van der Waals surface area contributed by atoms with E-state index in [0.717, 1.165) is 0 Å². The number of rotatable bonds is 4. The maximum absolute atomic E-state index is 11.0. The fraction of sp³-hybridized carbons (Fsp3) is 0.905. The first-order chi connectivity index (χ1) is 11.0. The first-order valence-electron chi connectivity index (χ1n) is 9.15. The molecular weight excluding hydrogens is 328 g/mol. The van der Waals surface area contributed by atoms with Crippen molar-refractivity contribution in [2.45, 2.75) is 95.7 Å². The fourth-order valence-corrected chi connectivity index (χ4v) is 3.17. The Hall–Kier alpha value is -1.26. The molecule has 0 aliphatic carbocycles. The number of methoxy groups -OCH3 is 1. The maximum atomic E-state index is 11.0. The molecular formula is C21H46N2O3. The van der Waals surface area contributed by atoms with Gasteiger partial charge in [-0.3, -0.25) is 4.79 Å². The van der Waals surface area contributed by atoms with E-state index in [1.807, 2.05) is 0 Å². The lowest BCUT2D eigenvalue weighted by atomic mass is 9.80. The van der Waals surface area contributed by atoms with Gasteiger partial charge in [-0.25, -0.2) is 4.79 Å². The van der Waals surface area contributed by atoms with Crippen molar-refractivity contribution in [1.29, 1.82) is 0 Å². The van der Waals surface area contributed by atoms with Crippen molar-refractivity contribution in [1.82, 2.24) is 10.6 Å². The molecule has 0 spiro atoms. The molecule has 0 heterocycles. The Balaban J connectivity index is -0.000000393. The number of hydrogen-bond acceptors (Lipinski definition) is 3. The highest BCUT2D eigenvalue weighted by molar-refractivity contribution is 5.73. The number of nitrogens with one attached hydrogen (secondary N) is 2. The van der Waals surface area contributed by atoms with Gasteiger partial charge >= 0.3 is 6.09 Å². The van der Waals surface area contributed by atoms with E-state index in [0.29, 0.717) is 11.8 Å². The highest BCUT2D eigenvalue weighted by Crippen LogP contribution is 2.25. The first-order valence-corrected chi connectivity index (χ1v) is 9.15. The van der Waals surface area contributed by atoms with Crippen LogP contribution in [0.5, 0.6) is 0 Å². The minimum atomic E-state index is -0.353. The van der Waals surface area contributed by atoms with Crippen molar-refractivity contribution in [3.63, 3.8) is 0 Å². The lowest BCUT2D eigenvalue weighted by Crippen LogP contribution is -2.47. The van der Waals surface area contributed by atoms with Crippen LogP contribution in [0.2, 0.25) is 0 Å². The predicted octanol–water partition coefficient (Wildman–Crippen LogP) is 5.24. The number of amides is 2. The Bertz CT molecular complexity index is 404. The van der Waals surface area contributed by atoms with Crippen LogP contribution in [-0.4, -0.2) is 31.2 Å². The van der Waals surface area contributed by atoms with Gasteiger partial charge in [-0.1, -0.05) is 76.7 Å². The van der Waals surface area contributed by atoms with Gasteiger partial charge in [0.05, 0.1) is 7.11 Å². The first kappa shape index (κ1) is 29.5. The summed E-state index contributed by atoms with van der Waals surface area (Å²) in [6.45, 7) is 22.8. The second-order valence-electron chi connectivity index (χ2n) is 9.51. The molecule has 0 aliphatic heterocycles. The largest absolute Gasteiger partial charge is 0.453 e. The maximum Gasteiger partial charge on any atom is 0.407 e. The van der Waals surface area contributed by atoms with Crippen molar-refractivity contribution >= 4 is 12.0 Å². The van der Waals surface area contributed by atoms with Crippen LogP contribution < -0.4 is 10.6 Å². The molecule has 2 N–H and O–H groups in total. The van der Waals surface area contributed by atoms with Gasteiger partial charge in [-0.05, 0) is 22.7 Å². The topological polar surface area (TPSA) is 67.4 Å². The SMILES string of the molecule is C.CC(=O)NC(C(C)C)C(C)(C)C.COC(=O)NC(C(C)C)C(C)(C)C. The summed E-state index contributed by atoms with van der Waals surface area (Å²) in [4.78, 5) is 21.9. The lowest BCUT2D eigenvalue weighted by Gasteiger charge is -2.34. The highest BCUT2D eigenvalue weighted by atomic mass is 16.5. The number of ether oxygens (including phenoxy) is 1. The third-order valence-electron chi connectivity index (χ3n) is 4.02. The zero-order chi connectivity index (χ0) is 20.6. The molecule has 0 aliphatic rings. The van der Waals surface area contributed by atoms with E-state index in [2.05, 4.69) is 84.6 Å². The lowest BCUT2D eigenvalue weighted by molar-refractivity contribution is -0.120. The smallest absolute Gasteiger partial charge is 0.407 e. The zero-order valence-electron chi connectivity index (χ0n) is 18.5. The standard InChI is InChI=1S/C10H21NO2.C10H21NO.CH4/c1-7(2)8(10(3,4)5)11-9(12)13-6;1-7(2)9(10(4,5)6)11-8(3)12;/h7-8H,1-6H3,(H,11,12);7,9H,1-6H3,(H,11,12);1H4. The van der Waals surface area contributed by atoms with E-state index in [4.69, 9.17) is 0 Å². The summed E-state index contributed by atoms with van der Waals surface area (Å²) < 4.78 is 4.58. The molecule has 0 aromatic carbocycles. The third kappa shape index (κ3) is 13.0. The molecule has 26 heavy (non-hydrogen) atoms. The van der Waals surface area contributed by atoms with E-state index in [9.17, 15) is 9.59 Å². The summed E-state index contributed by atoms with van der Waals surface area (Å²) in [7, 11) is 1.38. The van der Waals surface area contributed by atoms with Crippen LogP contribution in [0.25, 0.3) is 0 Å². The molecule has 0 aromatic rings. The van der Waals surface area contributed by atoms with Gasteiger partial charge in [0.1, 0.15) is 0 Å². The highest BCUT2D eigenvalue weighted by Gasteiger charge is 2.29. The molecule has 0 fully saturated rings. The normalized spacial score (nSPS) is 13.8. The molecule has 2 atom stereocenters. The summed E-state index contributed by atoms with van der Waals surface area (Å²) in [6, 6.07) is 0.398. The molecule has 0 saturated heterocycles. The Morgan fingerprint density at radius 2 is 1.08 bits per heavy atom. The quantitative estimate of drug-likeness (QED) is 0.707. The van der Waals surface area contributed by atoms with Gasteiger partial charge in [0.2, 0.25) is 5.91 Å². The van der Waals surface area contributed by atoms with Crippen LogP contribution >= 0.6 is 0 Å². The zero-order valence-corrected chi connectivity index (χ0v) is 18.5. The van der Waals surface area contributed by atoms with Crippen LogP contribution in [0, 0.1) is 22.7 Å². The molecule has 2 unspecified atom stereocenters. The van der Waals surface area contributed by atoms with Gasteiger partial charge < -0.3 is 15.4 Å². The summed E-state index contributed by atoms with van der Waals surface area (Å²) >= 11 is 0. The van der Waals surface area contributed by atoms with Gasteiger partial charge in [0, 0.05) is 19.0 Å². The molecule has 0 radical (unpaired) electrons. The van der Waals surface area contributed by atoms with E-state index in [1.165, 1.54) is 7.11 Å². The fourth-order valence-electron chi connectivity index (χ4n) is 3.17. The van der Waals surface area contributed by atoms with Crippen LogP contribution in [0.4, 0.5) is 4.79 Å². The molecule has 158 valence electrons. The molecule has 5 nitrogen and oxygen atoms in total. The molecule has 0 aromatic heterocycles. The van der Waals surface area contributed by atoms with Crippen LogP contribution in [0.1, 0.15) is 83.6 Å². The Morgan fingerprint density at radius 3 is 1.23 bits per heavy atom. The molecule has 0 bridgehead atoms. The van der Waals surface area contributed by atoms with Gasteiger partial charge in [0.25, 0.3) is 0 Å². The Kier molecular flexibility index (Phi) is 13.8. The van der Waals surface area contributed by atoms with E-state index in [-0.39, 0.29) is 42.3 Å². The van der Waals surface area contributed by atoms with Crippen LogP contribution in [0.15, 0.2) is 0 Å². The average molecular weight is 375 g/mol. The molecule has 2 amide bonds. The number of hydrogen-bond donors (Lipinski definition) is 2. The average Bonchev–Trinajstić information content (AvgIpc) is 2.39. The van der Waals surface area contributed by atoms with Crippen molar-refractivity contribution in [2.75, 3.05) is 7.11 Å². The summed E-state index contributed by atoms with van der Waals surface area (Å²) in [5, 5.41) is 5.83. The Labute approximate surface area is 163 Å². The number of carbonyl (C=O) groups excluding carboxylic acids is 2. The van der Waals surface area contributed by atoms with Crippen LogP contribution in [0.3, 0.4) is 0 Å². The van der Waals surface area contributed by atoms with Crippen molar-refractivity contribution in [2.24, 2.45) is 22.7 Å². The minimum absolute atomic E-state index is 0. The van der Waals surface area contributed by atoms with Crippen molar-refractivity contribution in [3.8, 4) is 0 Å². The van der Waals surface area contributed by atoms with Crippen molar-refractivity contribution < 1.29 is 14.3 Å². The van der Waals surface area contributed by atoms with Gasteiger partial charge in [-0.15, -0.1) is 0 Å².